The molecule has 1 saturated heterocycles. The molecule has 0 aromatic heterocycles. The Hall–Kier alpha value is -3.50. The molecule has 9 heteroatoms. The fourth-order valence-electron chi connectivity index (χ4n) is 7.00. The van der Waals surface area contributed by atoms with Gasteiger partial charge in [-0.05, 0) is 54.8 Å². The smallest absolute Gasteiger partial charge is 0.264 e. The van der Waals surface area contributed by atoms with Crippen molar-refractivity contribution in [3.8, 4) is 5.75 Å². The second kappa shape index (κ2) is 11.6. The molecule has 3 aromatic carbocycles. The maximum Gasteiger partial charge on any atom is 0.264 e. The van der Waals surface area contributed by atoms with Gasteiger partial charge in [0.15, 0.2) is 5.60 Å². The van der Waals surface area contributed by atoms with Crippen molar-refractivity contribution in [1.82, 2.24) is 0 Å². The van der Waals surface area contributed by atoms with Crippen LogP contribution in [-0.2, 0) is 26.5 Å². The molecule has 0 bridgehead atoms. The number of fused-ring (bicyclic) bond motifs is 2. The van der Waals surface area contributed by atoms with Crippen LogP contribution in [0, 0.1) is 5.92 Å². The van der Waals surface area contributed by atoms with E-state index in [1.165, 1.54) is 12.1 Å². The summed E-state index contributed by atoms with van der Waals surface area (Å²) in [6.45, 7) is 8.45. The van der Waals surface area contributed by atoms with Crippen molar-refractivity contribution in [2.24, 2.45) is 5.92 Å². The number of carbonyl (C=O) groups excluding carboxylic acids is 2. The molecule has 2 aliphatic heterocycles. The number of methoxy groups -OCH3 is 1. The Bertz CT molecular complexity index is 1460. The number of amides is 2. The Morgan fingerprint density at radius 3 is 2.50 bits per heavy atom. The molecule has 2 amide bonds. The molecule has 42 heavy (non-hydrogen) atoms. The van der Waals surface area contributed by atoms with E-state index < -0.39 is 25.7 Å². The summed E-state index contributed by atoms with van der Waals surface area (Å²) >= 11 is 0. The minimum absolute atomic E-state index is 0.0262. The first kappa shape index (κ1) is 30.0. The molecule has 2 heterocycles. The van der Waals surface area contributed by atoms with Gasteiger partial charge in [0.2, 0.25) is 0 Å². The maximum atomic E-state index is 14.6. The summed E-state index contributed by atoms with van der Waals surface area (Å²) in [7, 11) is -0.587. The van der Waals surface area contributed by atoms with E-state index in [2.05, 4.69) is 37.5 Å². The van der Waals surface area contributed by atoms with Crippen LogP contribution in [0.4, 0.5) is 11.4 Å². The highest BCUT2D eigenvalue weighted by Gasteiger charge is 2.66. The summed E-state index contributed by atoms with van der Waals surface area (Å²) in [6.07, 6.45) is -0.971. The van der Waals surface area contributed by atoms with Crippen LogP contribution in [0.1, 0.15) is 31.4 Å². The number of aliphatic hydroxyl groups excluding tert-OH is 2. The molecule has 222 valence electrons. The van der Waals surface area contributed by atoms with Crippen molar-refractivity contribution in [2.75, 3.05) is 23.9 Å². The van der Waals surface area contributed by atoms with E-state index in [1.54, 1.807) is 18.1 Å². The number of nitrogens with zero attached hydrogens (tertiary/aromatic N) is 1. The molecule has 8 nitrogen and oxygen atoms in total. The summed E-state index contributed by atoms with van der Waals surface area (Å²) in [4.78, 5) is 28.5. The van der Waals surface area contributed by atoms with Crippen molar-refractivity contribution in [3.63, 3.8) is 0 Å². The van der Waals surface area contributed by atoms with Gasteiger partial charge in [-0.2, -0.15) is 0 Å². The standard InChI is InChI=1S/C33H40N2O6Si/c1-21-30(42(4,5)26-15-13-25(40-3)14-16-26)29(17-18-36)41-33(21)27-11-6-7-12-28(27)35(32(33)39)20-23-9-8-10-24(19-23)34-31(38)22(2)37/h6-16,19,21-22,29-30,36-37H,17-18,20H2,1-5H3,(H,34,38)/t21-,22+,29+,30-,33+/m1/s1. The number of anilines is 2. The molecular formula is C33H40N2O6Si. The predicted octanol–water partition coefficient (Wildman–Crippen LogP) is 4.16. The Labute approximate surface area is 248 Å². The second-order valence-corrected chi connectivity index (χ2v) is 16.6. The van der Waals surface area contributed by atoms with E-state index in [9.17, 15) is 19.8 Å². The lowest BCUT2D eigenvalue weighted by molar-refractivity contribution is -0.146. The zero-order chi connectivity index (χ0) is 30.2. The second-order valence-electron chi connectivity index (χ2n) is 11.9. The molecular weight excluding hydrogens is 548 g/mol. The lowest BCUT2D eigenvalue weighted by atomic mass is 9.82. The summed E-state index contributed by atoms with van der Waals surface area (Å²) in [5, 5.41) is 23.6. The zero-order valence-electron chi connectivity index (χ0n) is 24.8. The molecule has 0 unspecified atom stereocenters. The van der Waals surface area contributed by atoms with Gasteiger partial charge in [-0.15, -0.1) is 0 Å². The third-order valence-electron chi connectivity index (χ3n) is 9.07. The van der Waals surface area contributed by atoms with Crippen molar-refractivity contribution in [3.05, 3.63) is 83.9 Å². The Balaban J connectivity index is 1.52. The van der Waals surface area contributed by atoms with Gasteiger partial charge >= 0.3 is 0 Å². The minimum atomic E-state index is -2.24. The highest BCUT2D eigenvalue weighted by molar-refractivity contribution is 6.91. The SMILES string of the molecule is COc1ccc([Si](C)(C)[C@H]2[C@H](CCO)O[C@@]3(C(=O)N(Cc4cccc(NC(=O)[C@H](C)O)c4)c4ccccc43)[C@@H]2C)cc1. The lowest BCUT2D eigenvalue weighted by Gasteiger charge is -2.37. The molecule has 5 rings (SSSR count). The van der Waals surface area contributed by atoms with Crippen LogP contribution < -0.4 is 20.1 Å². The van der Waals surface area contributed by atoms with Crippen LogP contribution >= 0.6 is 0 Å². The highest BCUT2D eigenvalue weighted by atomic mass is 28.3. The van der Waals surface area contributed by atoms with E-state index in [4.69, 9.17) is 9.47 Å². The number of nitrogens with one attached hydrogen (secondary N) is 1. The van der Waals surface area contributed by atoms with E-state index in [1.807, 2.05) is 54.6 Å². The van der Waals surface area contributed by atoms with Crippen LogP contribution in [0.15, 0.2) is 72.8 Å². The summed E-state index contributed by atoms with van der Waals surface area (Å²) in [5.41, 5.74) is 1.94. The largest absolute Gasteiger partial charge is 0.497 e. The first-order chi connectivity index (χ1) is 20.0. The van der Waals surface area contributed by atoms with Crippen LogP contribution in [0.2, 0.25) is 18.6 Å². The van der Waals surface area contributed by atoms with Gasteiger partial charge in [0.25, 0.3) is 11.8 Å². The molecule has 0 aliphatic carbocycles. The molecule has 5 atom stereocenters. The van der Waals surface area contributed by atoms with Crippen molar-refractivity contribution < 1.29 is 29.3 Å². The first-order valence-corrected chi connectivity index (χ1v) is 17.5. The van der Waals surface area contributed by atoms with Gasteiger partial charge in [-0.25, -0.2) is 0 Å². The third-order valence-corrected chi connectivity index (χ3v) is 13.4. The fourth-order valence-corrected chi connectivity index (χ4v) is 11.1. The Kier molecular flexibility index (Phi) is 8.31. The van der Waals surface area contributed by atoms with Crippen molar-refractivity contribution in [1.29, 1.82) is 0 Å². The van der Waals surface area contributed by atoms with Crippen LogP contribution in [0.5, 0.6) is 5.75 Å². The molecule has 2 aliphatic rings. The number of para-hydroxylation sites is 1. The number of hydrogen-bond donors (Lipinski definition) is 3. The number of benzene rings is 3. The summed E-state index contributed by atoms with van der Waals surface area (Å²) in [5.74, 6) is 0.0481. The number of ether oxygens (including phenoxy) is 2. The number of rotatable bonds is 9. The lowest BCUT2D eigenvalue weighted by Crippen LogP contribution is -2.51. The van der Waals surface area contributed by atoms with Gasteiger partial charge in [0.05, 0.1) is 33.5 Å². The average Bonchev–Trinajstić information content (AvgIpc) is 3.40. The summed E-state index contributed by atoms with van der Waals surface area (Å²) in [6, 6.07) is 23.3. The quantitative estimate of drug-likeness (QED) is 0.324. The van der Waals surface area contributed by atoms with E-state index in [0.717, 1.165) is 22.6 Å². The first-order valence-electron chi connectivity index (χ1n) is 14.5. The highest BCUT2D eigenvalue weighted by Crippen LogP contribution is 2.60. The Morgan fingerprint density at radius 2 is 1.83 bits per heavy atom. The molecule has 1 fully saturated rings. The Morgan fingerprint density at radius 1 is 1.12 bits per heavy atom. The van der Waals surface area contributed by atoms with Gasteiger partial charge in [0, 0.05) is 23.8 Å². The zero-order valence-corrected chi connectivity index (χ0v) is 25.8. The molecule has 3 N–H and O–H groups in total. The van der Waals surface area contributed by atoms with E-state index >= 15 is 0 Å². The van der Waals surface area contributed by atoms with E-state index in [0.29, 0.717) is 18.7 Å². The normalized spacial score (nSPS) is 24.1. The third kappa shape index (κ3) is 5.04. The van der Waals surface area contributed by atoms with Crippen LogP contribution in [0.25, 0.3) is 0 Å². The molecule has 0 saturated carbocycles. The summed E-state index contributed by atoms with van der Waals surface area (Å²) < 4.78 is 12.3. The molecule has 0 radical (unpaired) electrons. The average molecular weight is 589 g/mol. The van der Waals surface area contributed by atoms with Crippen molar-refractivity contribution in [2.45, 2.75) is 63.3 Å². The van der Waals surface area contributed by atoms with E-state index in [-0.39, 0.29) is 30.1 Å². The van der Waals surface area contributed by atoms with Crippen molar-refractivity contribution >= 4 is 36.4 Å². The fraction of sp³-hybridized carbons (Fsp3) is 0.394. The van der Waals surface area contributed by atoms with Crippen LogP contribution in [-0.4, -0.2) is 56.0 Å². The monoisotopic (exact) mass is 588 g/mol. The van der Waals surface area contributed by atoms with Gasteiger partial charge in [-0.1, -0.05) is 67.7 Å². The maximum absolute atomic E-state index is 14.6. The van der Waals surface area contributed by atoms with Gasteiger partial charge in [-0.3, -0.25) is 9.59 Å². The molecule has 3 aromatic rings. The van der Waals surface area contributed by atoms with Gasteiger partial charge < -0.3 is 29.9 Å². The number of carbonyl (C=O) groups is 2. The number of aliphatic hydroxyl groups is 2. The minimum Gasteiger partial charge on any atom is -0.497 e. The topological polar surface area (TPSA) is 108 Å². The van der Waals surface area contributed by atoms with Gasteiger partial charge in [0.1, 0.15) is 11.9 Å². The number of hydrogen-bond acceptors (Lipinski definition) is 6. The molecule has 1 spiro atoms. The van der Waals surface area contributed by atoms with Crippen LogP contribution in [0.3, 0.4) is 0 Å². The predicted molar refractivity (Wildman–Crippen MR) is 166 cm³/mol.